The van der Waals surface area contributed by atoms with Gasteiger partial charge in [0.15, 0.2) is 0 Å². The molecule has 2 aromatic rings. The Balaban J connectivity index is 2.10. The highest BCUT2D eigenvalue weighted by Gasteiger charge is 2.37. The number of carbonyl (C=O) groups excluding carboxylic acids is 1. The van der Waals surface area contributed by atoms with Gasteiger partial charge in [-0.3, -0.25) is 0 Å². The summed E-state index contributed by atoms with van der Waals surface area (Å²) >= 11 is 0. The molecule has 120 valence electrons. The number of benzene rings is 2. The number of nitrogens with zero attached hydrogens (tertiary/aromatic N) is 1. The fourth-order valence-electron chi connectivity index (χ4n) is 2.73. The van der Waals surface area contributed by atoms with Gasteiger partial charge in [0.2, 0.25) is 10.0 Å². The van der Waals surface area contributed by atoms with E-state index in [1.54, 1.807) is 24.3 Å². The van der Waals surface area contributed by atoms with Crippen LogP contribution in [0.25, 0.3) is 0 Å². The monoisotopic (exact) mass is 334 g/mol. The minimum Gasteiger partial charge on any atom is -0.548 e. The van der Waals surface area contributed by atoms with E-state index in [9.17, 15) is 22.7 Å². The molecule has 1 aliphatic heterocycles. The average molecular weight is 334 g/mol. The Bertz CT molecular complexity index is 866. The predicted molar refractivity (Wildman–Crippen MR) is 78.1 cm³/mol. The van der Waals surface area contributed by atoms with Crippen LogP contribution in [0, 0.1) is 5.82 Å². The van der Waals surface area contributed by atoms with Gasteiger partial charge in [0.1, 0.15) is 10.7 Å². The van der Waals surface area contributed by atoms with Gasteiger partial charge in [-0.2, -0.15) is 4.31 Å². The maximum atomic E-state index is 13.9. The summed E-state index contributed by atoms with van der Waals surface area (Å²) in [4.78, 5) is 10.9. The SMILES string of the molecule is O=C([O-])[C@@H]1Cc2ccccc2CN1S(=O)(=O)c1ccccc1F. The lowest BCUT2D eigenvalue weighted by atomic mass is 9.96. The molecule has 0 saturated heterocycles. The summed E-state index contributed by atoms with van der Waals surface area (Å²) in [5.41, 5.74) is 1.45. The highest BCUT2D eigenvalue weighted by atomic mass is 32.2. The van der Waals surface area contributed by atoms with Gasteiger partial charge in [0, 0.05) is 6.54 Å². The van der Waals surface area contributed by atoms with Crippen LogP contribution in [0.1, 0.15) is 11.1 Å². The maximum Gasteiger partial charge on any atom is 0.246 e. The van der Waals surface area contributed by atoms with Gasteiger partial charge in [0.25, 0.3) is 0 Å². The second-order valence-electron chi connectivity index (χ2n) is 5.29. The largest absolute Gasteiger partial charge is 0.548 e. The number of rotatable bonds is 3. The van der Waals surface area contributed by atoms with Crippen molar-refractivity contribution in [3.8, 4) is 0 Å². The van der Waals surface area contributed by atoms with Crippen LogP contribution in [0.4, 0.5) is 4.39 Å². The van der Waals surface area contributed by atoms with E-state index in [-0.39, 0.29) is 13.0 Å². The Morgan fingerprint density at radius 1 is 1.09 bits per heavy atom. The fraction of sp³-hybridized carbons (Fsp3) is 0.188. The van der Waals surface area contributed by atoms with Gasteiger partial charge in [-0.25, -0.2) is 12.8 Å². The van der Waals surface area contributed by atoms with Crippen molar-refractivity contribution < 1.29 is 22.7 Å². The van der Waals surface area contributed by atoms with Crippen molar-refractivity contribution in [1.82, 2.24) is 4.31 Å². The van der Waals surface area contributed by atoms with E-state index in [1.807, 2.05) is 0 Å². The Hall–Kier alpha value is -2.25. The molecule has 1 aliphatic rings. The Kier molecular flexibility index (Phi) is 3.91. The van der Waals surface area contributed by atoms with Gasteiger partial charge in [-0.05, 0) is 29.7 Å². The van der Waals surface area contributed by atoms with Gasteiger partial charge in [-0.1, -0.05) is 36.4 Å². The van der Waals surface area contributed by atoms with Crippen LogP contribution in [-0.2, 0) is 27.8 Å². The minimum absolute atomic E-state index is 0.00775. The normalized spacial score (nSPS) is 18.4. The number of hydrogen-bond acceptors (Lipinski definition) is 4. The molecule has 0 fully saturated rings. The second-order valence-corrected chi connectivity index (χ2v) is 7.15. The summed E-state index contributed by atoms with van der Waals surface area (Å²) in [6.45, 7) is -0.133. The molecule has 23 heavy (non-hydrogen) atoms. The lowest BCUT2D eigenvalue weighted by Gasteiger charge is -2.36. The Morgan fingerprint density at radius 2 is 1.70 bits per heavy atom. The van der Waals surface area contributed by atoms with E-state index < -0.39 is 32.7 Å². The highest BCUT2D eigenvalue weighted by molar-refractivity contribution is 7.89. The highest BCUT2D eigenvalue weighted by Crippen LogP contribution is 2.29. The number of carbonyl (C=O) groups is 1. The van der Waals surface area contributed by atoms with Gasteiger partial charge < -0.3 is 9.90 Å². The topological polar surface area (TPSA) is 77.5 Å². The second kappa shape index (κ2) is 5.75. The van der Waals surface area contributed by atoms with Crippen LogP contribution < -0.4 is 5.11 Å². The van der Waals surface area contributed by atoms with E-state index in [0.717, 1.165) is 22.0 Å². The van der Waals surface area contributed by atoms with Crippen molar-refractivity contribution in [2.45, 2.75) is 23.9 Å². The molecular formula is C16H13FNO4S-. The molecule has 0 spiro atoms. The molecule has 0 amide bonds. The third-order valence-electron chi connectivity index (χ3n) is 3.90. The Morgan fingerprint density at radius 3 is 2.35 bits per heavy atom. The van der Waals surface area contributed by atoms with Crippen molar-refractivity contribution in [3.63, 3.8) is 0 Å². The minimum atomic E-state index is -4.29. The summed E-state index contributed by atoms with van der Waals surface area (Å²) in [5.74, 6) is -2.41. The number of sulfonamides is 1. The molecule has 1 atom stereocenters. The first-order valence-corrected chi connectivity index (χ1v) is 8.39. The standard InChI is InChI=1S/C16H14FNO4S/c17-13-7-3-4-8-15(13)23(21,22)18-10-12-6-2-1-5-11(12)9-14(18)16(19)20/h1-8,14H,9-10H2,(H,19,20)/p-1/t14-/m0/s1. The lowest BCUT2D eigenvalue weighted by molar-refractivity contribution is -0.310. The van der Waals surface area contributed by atoms with Gasteiger partial charge >= 0.3 is 0 Å². The van der Waals surface area contributed by atoms with Crippen molar-refractivity contribution in [2.75, 3.05) is 0 Å². The average Bonchev–Trinajstić information content (AvgIpc) is 2.53. The van der Waals surface area contributed by atoms with Crippen molar-refractivity contribution in [2.24, 2.45) is 0 Å². The van der Waals surface area contributed by atoms with Gasteiger partial charge in [0.05, 0.1) is 12.0 Å². The van der Waals surface area contributed by atoms with Crippen LogP contribution in [0.2, 0.25) is 0 Å². The third-order valence-corrected chi connectivity index (χ3v) is 5.79. The van der Waals surface area contributed by atoms with E-state index in [2.05, 4.69) is 0 Å². The molecular weight excluding hydrogens is 321 g/mol. The number of carboxylic acids is 1. The zero-order chi connectivity index (χ0) is 16.6. The van der Waals surface area contributed by atoms with E-state index in [4.69, 9.17) is 0 Å². The molecule has 0 bridgehead atoms. The van der Waals surface area contributed by atoms with Crippen molar-refractivity contribution >= 4 is 16.0 Å². The van der Waals surface area contributed by atoms with Crippen LogP contribution in [0.15, 0.2) is 53.4 Å². The quantitative estimate of drug-likeness (QED) is 0.827. The first-order chi connectivity index (χ1) is 10.9. The molecule has 3 rings (SSSR count). The maximum absolute atomic E-state index is 13.9. The van der Waals surface area contributed by atoms with Crippen LogP contribution in [0.5, 0.6) is 0 Å². The molecule has 0 radical (unpaired) electrons. The van der Waals surface area contributed by atoms with E-state index >= 15 is 0 Å². The molecule has 1 heterocycles. The van der Waals surface area contributed by atoms with E-state index in [0.29, 0.717) is 5.56 Å². The fourth-order valence-corrected chi connectivity index (χ4v) is 4.36. The summed E-state index contributed by atoms with van der Waals surface area (Å²) in [5, 5.41) is 11.4. The number of hydrogen-bond donors (Lipinski definition) is 0. The first-order valence-electron chi connectivity index (χ1n) is 6.95. The number of carboxylic acid groups (broad SMARTS) is 1. The van der Waals surface area contributed by atoms with Crippen LogP contribution in [0.3, 0.4) is 0 Å². The zero-order valence-electron chi connectivity index (χ0n) is 12.0. The lowest BCUT2D eigenvalue weighted by Crippen LogP contribution is -2.53. The number of aliphatic carboxylic acids is 1. The molecule has 7 heteroatoms. The molecule has 2 aromatic carbocycles. The molecule has 0 aromatic heterocycles. The van der Waals surface area contributed by atoms with E-state index in [1.165, 1.54) is 12.1 Å². The van der Waals surface area contributed by atoms with Crippen LogP contribution >= 0.6 is 0 Å². The predicted octanol–water partition coefficient (Wildman–Crippen LogP) is 0.691. The number of fused-ring (bicyclic) bond motifs is 1. The van der Waals surface area contributed by atoms with Gasteiger partial charge in [-0.15, -0.1) is 0 Å². The molecule has 0 saturated carbocycles. The third kappa shape index (κ3) is 2.73. The summed E-state index contributed by atoms with van der Waals surface area (Å²) in [6, 6.07) is 10.5. The molecule has 0 N–H and O–H groups in total. The molecule has 0 aliphatic carbocycles. The van der Waals surface area contributed by atoms with Crippen LogP contribution in [-0.4, -0.2) is 24.7 Å². The Labute approximate surface area is 133 Å². The summed E-state index contributed by atoms with van der Waals surface area (Å²) in [7, 11) is -4.29. The summed E-state index contributed by atoms with van der Waals surface area (Å²) in [6.07, 6.45) is -0.00775. The molecule has 5 nitrogen and oxygen atoms in total. The molecule has 0 unspecified atom stereocenters. The summed E-state index contributed by atoms with van der Waals surface area (Å²) < 4.78 is 40.1. The first kappa shape index (κ1) is 15.6. The zero-order valence-corrected chi connectivity index (χ0v) is 12.8. The smallest absolute Gasteiger partial charge is 0.246 e. The number of halogens is 1. The van der Waals surface area contributed by atoms with Crippen molar-refractivity contribution in [3.05, 3.63) is 65.5 Å². The van der Waals surface area contributed by atoms with Crippen molar-refractivity contribution in [1.29, 1.82) is 0 Å².